The summed E-state index contributed by atoms with van der Waals surface area (Å²) in [5.74, 6) is 0.117. The molecule has 18 heavy (non-hydrogen) atoms. The monoisotopic (exact) mass is 250 g/mol. The third kappa shape index (κ3) is 5.19. The van der Waals surface area contributed by atoms with Gasteiger partial charge >= 0.3 is 0 Å². The third-order valence-electron chi connectivity index (χ3n) is 2.60. The van der Waals surface area contributed by atoms with E-state index in [2.05, 4.69) is 25.9 Å². The Bertz CT molecular complexity index is 409. The third-order valence-corrected chi connectivity index (χ3v) is 2.60. The molecule has 0 amide bonds. The van der Waals surface area contributed by atoms with Gasteiger partial charge in [0.15, 0.2) is 5.84 Å². The molecular weight excluding hydrogens is 228 g/mol. The minimum atomic E-state index is 0.117. The number of hydrogen-bond acceptors (Lipinski definition) is 3. The second kappa shape index (κ2) is 6.40. The largest absolute Gasteiger partial charge is 0.409 e. The molecule has 0 saturated carbocycles. The van der Waals surface area contributed by atoms with E-state index < -0.39 is 0 Å². The highest BCUT2D eigenvalue weighted by molar-refractivity contribution is 5.97. The molecule has 3 N–H and O–H groups in total. The summed E-state index contributed by atoms with van der Waals surface area (Å²) in [6.45, 7) is 7.85. The molecule has 0 bridgehead atoms. The molecule has 0 spiro atoms. The van der Waals surface area contributed by atoms with Crippen molar-refractivity contribution in [2.75, 3.05) is 6.61 Å². The Morgan fingerprint density at radius 1 is 1.39 bits per heavy atom. The van der Waals surface area contributed by atoms with E-state index in [1.807, 2.05) is 18.2 Å². The molecule has 4 nitrogen and oxygen atoms in total. The first-order valence-electron chi connectivity index (χ1n) is 6.07. The highest BCUT2D eigenvalue weighted by Crippen LogP contribution is 2.18. The van der Waals surface area contributed by atoms with Gasteiger partial charge in [0.1, 0.15) is 0 Å². The lowest BCUT2D eigenvalue weighted by molar-refractivity contribution is 0.0962. The van der Waals surface area contributed by atoms with Crippen LogP contribution in [0, 0.1) is 5.41 Å². The molecule has 0 radical (unpaired) electrons. The average Bonchev–Trinajstić information content (AvgIpc) is 2.33. The van der Waals surface area contributed by atoms with Gasteiger partial charge in [-0.15, -0.1) is 0 Å². The molecule has 1 aromatic carbocycles. The molecule has 0 fully saturated rings. The van der Waals surface area contributed by atoms with Gasteiger partial charge in [0.25, 0.3) is 0 Å². The fourth-order valence-electron chi connectivity index (χ4n) is 1.45. The van der Waals surface area contributed by atoms with Crippen molar-refractivity contribution in [3.63, 3.8) is 0 Å². The molecule has 1 aromatic rings. The van der Waals surface area contributed by atoms with Crippen LogP contribution in [0.5, 0.6) is 0 Å². The smallest absolute Gasteiger partial charge is 0.170 e. The van der Waals surface area contributed by atoms with Gasteiger partial charge in [-0.1, -0.05) is 44.1 Å². The molecule has 0 atom stereocenters. The fraction of sp³-hybridized carbons (Fsp3) is 0.500. The number of amidine groups is 1. The number of nitrogens with zero attached hydrogens (tertiary/aromatic N) is 1. The summed E-state index contributed by atoms with van der Waals surface area (Å²) in [7, 11) is 0. The van der Waals surface area contributed by atoms with E-state index >= 15 is 0 Å². The van der Waals surface area contributed by atoms with Gasteiger partial charge in [0, 0.05) is 12.2 Å². The number of nitrogens with two attached hydrogens (primary N) is 1. The molecule has 4 heteroatoms. The van der Waals surface area contributed by atoms with Crippen LogP contribution in [-0.2, 0) is 11.3 Å². The van der Waals surface area contributed by atoms with Crippen LogP contribution in [0.2, 0.25) is 0 Å². The topological polar surface area (TPSA) is 67.8 Å². The van der Waals surface area contributed by atoms with E-state index in [4.69, 9.17) is 15.7 Å². The molecule has 0 aliphatic heterocycles. The number of hydrogen-bond donors (Lipinski definition) is 2. The van der Waals surface area contributed by atoms with E-state index in [0.29, 0.717) is 12.2 Å². The van der Waals surface area contributed by atoms with Gasteiger partial charge in [-0.25, -0.2) is 0 Å². The molecular formula is C14H22N2O2. The fourth-order valence-corrected chi connectivity index (χ4v) is 1.45. The van der Waals surface area contributed by atoms with Gasteiger partial charge < -0.3 is 15.7 Å². The van der Waals surface area contributed by atoms with Crippen molar-refractivity contribution in [3.05, 3.63) is 35.4 Å². The number of rotatable bonds is 5. The zero-order chi connectivity index (χ0) is 13.6. The highest BCUT2D eigenvalue weighted by atomic mass is 16.5. The molecule has 1 rings (SSSR count). The van der Waals surface area contributed by atoms with Crippen LogP contribution in [0.3, 0.4) is 0 Å². The summed E-state index contributed by atoms with van der Waals surface area (Å²) in [5, 5.41) is 11.6. The maximum atomic E-state index is 8.61. The highest BCUT2D eigenvalue weighted by Gasteiger charge is 2.09. The maximum absolute atomic E-state index is 8.61. The first kappa shape index (κ1) is 14.5. The van der Waals surface area contributed by atoms with E-state index in [-0.39, 0.29) is 11.3 Å². The first-order chi connectivity index (χ1) is 8.42. The predicted octanol–water partition coefficient (Wildman–Crippen LogP) is 2.73. The van der Waals surface area contributed by atoms with Crippen LogP contribution in [0.25, 0.3) is 0 Å². The van der Waals surface area contributed by atoms with Gasteiger partial charge in [-0.3, -0.25) is 0 Å². The minimum absolute atomic E-state index is 0.117. The van der Waals surface area contributed by atoms with Gasteiger partial charge in [0.2, 0.25) is 0 Å². The van der Waals surface area contributed by atoms with Gasteiger partial charge in [0.05, 0.1) is 6.61 Å². The van der Waals surface area contributed by atoms with Crippen LogP contribution >= 0.6 is 0 Å². The van der Waals surface area contributed by atoms with E-state index in [1.54, 1.807) is 6.07 Å². The Labute approximate surface area is 108 Å². The Morgan fingerprint density at radius 3 is 2.72 bits per heavy atom. The zero-order valence-corrected chi connectivity index (χ0v) is 11.3. The molecule has 0 aliphatic carbocycles. The normalized spacial score (nSPS) is 12.7. The van der Waals surface area contributed by atoms with E-state index in [1.165, 1.54) is 0 Å². The van der Waals surface area contributed by atoms with Crippen LogP contribution in [-0.4, -0.2) is 17.6 Å². The number of benzene rings is 1. The predicted molar refractivity (Wildman–Crippen MR) is 72.7 cm³/mol. The molecule has 0 aromatic heterocycles. The lowest BCUT2D eigenvalue weighted by Crippen LogP contribution is -2.13. The average molecular weight is 250 g/mol. The van der Waals surface area contributed by atoms with Crippen molar-refractivity contribution >= 4 is 5.84 Å². The Balaban J connectivity index is 2.48. The quantitative estimate of drug-likeness (QED) is 0.277. The molecule has 0 aliphatic rings. The van der Waals surface area contributed by atoms with Gasteiger partial charge in [-0.05, 0) is 23.5 Å². The Morgan fingerprint density at radius 2 is 2.11 bits per heavy atom. The van der Waals surface area contributed by atoms with Crippen molar-refractivity contribution in [1.82, 2.24) is 0 Å². The van der Waals surface area contributed by atoms with Gasteiger partial charge in [-0.2, -0.15) is 0 Å². The second-order valence-corrected chi connectivity index (χ2v) is 5.55. The lowest BCUT2D eigenvalue weighted by Gasteiger charge is -2.17. The molecule has 100 valence electrons. The van der Waals surface area contributed by atoms with E-state index in [9.17, 15) is 0 Å². The molecule has 0 heterocycles. The van der Waals surface area contributed by atoms with E-state index in [0.717, 1.165) is 18.6 Å². The SMILES string of the molecule is CC(C)(C)CCOCc1cccc(C(N)=NO)c1. The number of oxime groups is 1. The summed E-state index contributed by atoms with van der Waals surface area (Å²) in [6, 6.07) is 7.50. The summed E-state index contributed by atoms with van der Waals surface area (Å²) >= 11 is 0. The lowest BCUT2D eigenvalue weighted by atomic mass is 9.93. The van der Waals surface area contributed by atoms with Crippen LogP contribution < -0.4 is 5.73 Å². The second-order valence-electron chi connectivity index (χ2n) is 5.55. The Hall–Kier alpha value is -1.55. The molecule has 0 saturated heterocycles. The van der Waals surface area contributed by atoms with Crippen molar-refractivity contribution < 1.29 is 9.94 Å². The summed E-state index contributed by atoms with van der Waals surface area (Å²) in [5.41, 5.74) is 7.55. The summed E-state index contributed by atoms with van der Waals surface area (Å²) in [6.07, 6.45) is 1.02. The summed E-state index contributed by atoms with van der Waals surface area (Å²) in [4.78, 5) is 0. The van der Waals surface area contributed by atoms with Crippen molar-refractivity contribution in [1.29, 1.82) is 0 Å². The molecule has 0 unspecified atom stereocenters. The van der Waals surface area contributed by atoms with Crippen LogP contribution in [0.15, 0.2) is 29.4 Å². The summed E-state index contributed by atoms with van der Waals surface area (Å²) < 4.78 is 5.62. The van der Waals surface area contributed by atoms with Crippen molar-refractivity contribution in [3.8, 4) is 0 Å². The minimum Gasteiger partial charge on any atom is -0.409 e. The Kier molecular flexibility index (Phi) is 5.16. The van der Waals surface area contributed by atoms with Crippen molar-refractivity contribution in [2.45, 2.75) is 33.8 Å². The first-order valence-corrected chi connectivity index (χ1v) is 6.07. The van der Waals surface area contributed by atoms with Crippen molar-refractivity contribution in [2.24, 2.45) is 16.3 Å². The maximum Gasteiger partial charge on any atom is 0.170 e. The number of ether oxygens (including phenoxy) is 1. The van der Waals surface area contributed by atoms with Crippen LogP contribution in [0.1, 0.15) is 38.3 Å². The van der Waals surface area contributed by atoms with Crippen LogP contribution in [0.4, 0.5) is 0 Å². The standard InChI is InChI=1S/C14H22N2O2/c1-14(2,3)7-8-18-10-11-5-4-6-12(9-11)13(15)16-17/h4-6,9,17H,7-8,10H2,1-3H3,(H2,15,16). The zero-order valence-electron chi connectivity index (χ0n) is 11.3.